The molecule has 3 nitrogen and oxygen atoms in total. The van der Waals surface area contributed by atoms with Gasteiger partial charge in [-0.15, -0.1) is 0 Å². The first-order valence-electron chi connectivity index (χ1n) is 4.05. The molecule has 0 saturated heterocycles. The van der Waals surface area contributed by atoms with E-state index in [1.54, 1.807) is 6.92 Å². The largest absolute Gasteiger partial charge is 0.392 e. The maximum atomic E-state index is 10.9. The van der Waals surface area contributed by atoms with E-state index in [4.69, 9.17) is 5.73 Å². The lowest BCUT2D eigenvalue weighted by Gasteiger charge is -2.35. The first-order chi connectivity index (χ1) is 5.07. The number of aliphatic hydroxyl groups is 1. The molecule has 64 valence electrons. The van der Waals surface area contributed by atoms with Gasteiger partial charge >= 0.3 is 0 Å². The number of primary amides is 1. The van der Waals surface area contributed by atoms with Gasteiger partial charge in [0.1, 0.15) is 0 Å². The molecule has 3 heteroatoms. The number of nitrogens with two attached hydrogens (primary N) is 1. The second kappa shape index (κ2) is 2.81. The molecule has 0 heterocycles. The van der Waals surface area contributed by atoms with Crippen molar-refractivity contribution >= 4 is 5.91 Å². The van der Waals surface area contributed by atoms with Gasteiger partial charge in [-0.3, -0.25) is 4.79 Å². The maximum Gasteiger partial charge on any atom is 0.225 e. The normalized spacial score (nSPS) is 38.5. The molecule has 0 spiro atoms. The van der Waals surface area contributed by atoms with Crippen molar-refractivity contribution in [1.82, 2.24) is 0 Å². The zero-order chi connectivity index (χ0) is 8.48. The van der Waals surface area contributed by atoms with Crippen molar-refractivity contribution in [3.8, 4) is 0 Å². The molecule has 3 N–H and O–H groups in total. The highest BCUT2D eigenvalue weighted by Gasteiger charge is 2.40. The molecule has 0 aromatic heterocycles. The van der Waals surface area contributed by atoms with Gasteiger partial charge in [0.05, 0.1) is 11.5 Å². The molecule has 1 aliphatic carbocycles. The molecular formula is C8H15NO2. The quantitative estimate of drug-likeness (QED) is 0.579. The predicted octanol–water partition coefficient (Wildman–Crippen LogP) is 0.413. The number of amides is 1. The molecular weight excluding hydrogens is 142 g/mol. The van der Waals surface area contributed by atoms with E-state index in [0.717, 1.165) is 19.3 Å². The van der Waals surface area contributed by atoms with Gasteiger partial charge in [-0.25, -0.2) is 0 Å². The van der Waals surface area contributed by atoms with E-state index in [1.807, 2.05) is 0 Å². The van der Waals surface area contributed by atoms with Crippen molar-refractivity contribution in [3.05, 3.63) is 0 Å². The Hall–Kier alpha value is -0.570. The summed E-state index contributed by atoms with van der Waals surface area (Å²) in [4.78, 5) is 10.9. The average Bonchev–Trinajstić information content (AvgIpc) is 1.95. The number of hydrogen-bond acceptors (Lipinski definition) is 2. The summed E-state index contributed by atoms with van der Waals surface area (Å²) in [7, 11) is 0. The lowest BCUT2D eigenvalue weighted by Crippen LogP contribution is -2.46. The Kier molecular flexibility index (Phi) is 2.18. The van der Waals surface area contributed by atoms with E-state index in [9.17, 15) is 9.90 Å². The van der Waals surface area contributed by atoms with Gasteiger partial charge < -0.3 is 10.8 Å². The van der Waals surface area contributed by atoms with E-state index in [2.05, 4.69) is 0 Å². The summed E-state index contributed by atoms with van der Waals surface area (Å²) in [6.07, 6.45) is 2.90. The summed E-state index contributed by atoms with van der Waals surface area (Å²) in [5.41, 5.74) is 4.52. The van der Waals surface area contributed by atoms with Crippen molar-refractivity contribution in [3.63, 3.8) is 0 Å². The zero-order valence-electron chi connectivity index (χ0n) is 6.84. The molecule has 0 aliphatic heterocycles. The molecule has 1 rings (SSSR count). The van der Waals surface area contributed by atoms with Crippen molar-refractivity contribution < 1.29 is 9.90 Å². The van der Waals surface area contributed by atoms with Crippen LogP contribution in [0.2, 0.25) is 0 Å². The summed E-state index contributed by atoms with van der Waals surface area (Å²) in [5, 5.41) is 9.50. The Morgan fingerprint density at radius 3 is 2.64 bits per heavy atom. The van der Waals surface area contributed by atoms with Crippen molar-refractivity contribution in [1.29, 1.82) is 0 Å². The lowest BCUT2D eigenvalue weighted by molar-refractivity contribution is -0.136. The molecule has 0 aromatic rings. The van der Waals surface area contributed by atoms with Crippen LogP contribution in [0.15, 0.2) is 0 Å². The van der Waals surface area contributed by atoms with Crippen LogP contribution in [0.1, 0.15) is 32.6 Å². The third-order valence-corrected chi connectivity index (χ3v) is 2.72. The number of aliphatic hydroxyl groups excluding tert-OH is 1. The number of carbonyl (C=O) groups is 1. The summed E-state index contributed by atoms with van der Waals surface area (Å²) < 4.78 is 0. The minimum absolute atomic E-state index is 0.371. The topological polar surface area (TPSA) is 63.3 Å². The second-order valence-corrected chi connectivity index (χ2v) is 3.54. The summed E-state index contributed by atoms with van der Waals surface area (Å²) in [6, 6.07) is 0. The Morgan fingerprint density at radius 1 is 1.64 bits per heavy atom. The Morgan fingerprint density at radius 2 is 2.27 bits per heavy atom. The third kappa shape index (κ3) is 1.38. The van der Waals surface area contributed by atoms with Gasteiger partial charge in [0, 0.05) is 0 Å². The molecule has 1 fully saturated rings. The van der Waals surface area contributed by atoms with Crippen LogP contribution in [0.5, 0.6) is 0 Å². The van der Waals surface area contributed by atoms with Crippen LogP contribution >= 0.6 is 0 Å². The standard InChI is InChI=1S/C8H15NO2/c1-8(7(9)11)5-3-2-4-6(8)10/h6,10H,2-5H2,1H3,(H2,9,11). The highest BCUT2D eigenvalue weighted by molar-refractivity contribution is 5.81. The Balaban J connectivity index is 2.72. The monoisotopic (exact) mass is 157 g/mol. The summed E-state index contributed by atoms with van der Waals surface area (Å²) >= 11 is 0. The van der Waals surface area contributed by atoms with Crippen LogP contribution in [-0.4, -0.2) is 17.1 Å². The minimum Gasteiger partial charge on any atom is -0.392 e. The molecule has 1 saturated carbocycles. The Labute approximate surface area is 66.6 Å². The average molecular weight is 157 g/mol. The zero-order valence-corrected chi connectivity index (χ0v) is 6.84. The third-order valence-electron chi connectivity index (χ3n) is 2.72. The van der Waals surface area contributed by atoms with Gasteiger partial charge in [-0.1, -0.05) is 12.8 Å². The number of rotatable bonds is 1. The van der Waals surface area contributed by atoms with Gasteiger partial charge in [-0.2, -0.15) is 0 Å². The fourth-order valence-corrected chi connectivity index (χ4v) is 1.60. The number of hydrogen-bond donors (Lipinski definition) is 2. The van der Waals surface area contributed by atoms with E-state index in [0.29, 0.717) is 6.42 Å². The first kappa shape index (κ1) is 8.53. The first-order valence-corrected chi connectivity index (χ1v) is 4.05. The SMILES string of the molecule is CC1(C(N)=O)CCCCC1O. The van der Waals surface area contributed by atoms with Crippen LogP contribution in [0.4, 0.5) is 0 Å². The van der Waals surface area contributed by atoms with E-state index >= 15 is 0 Å². The maximum absolute atomic E-state index is 10.9. The smallest absolute Gasteiger partial charge is 0.225 e. The van der Waals surface area contributed by atoms with Crippen LogP contribution in [-0.2, 0) is 4.79 Å². The van der Waals surface area contributed by atoms with Crippen molar-refractivity contribution in [2.75, 3.05) is 0 Å². The summed E-state index contributed by atoms with van der Waals surface area (Å²) in [5.74, 6) is -0.371. The lowest BCUT2D eigenvalue weighted by atomic mass is 9.73. The fourth-order valence-electron chi connectivity index (χ4n) is 1.60. The van der Waals surface area contributed by atoms with Gasteiger partial charge in [0.15, 0.2) is 0 Å². The fraction of sp³-hybridized carbons (Fsp3) is 0.875. The van der Waals surface area contributed by atoms with Crippen LogP contribution in [0, 0.1) is 5.41 Å². The van der Waals surface area contributed by atoms with E-state index < -0.39 is 11.5 Å². The van der Waals surface area contributed by atoms with E-state index in [-0.39, 0.29) is 5.91 Å². The molecule has 0 aromatic carbocycles. The molecule has 11 heavy (non-hydrogen) atoms. The molecule has 2 atom stereocenters. The second-order valence-electron chi connectivity index (χ2n) is 3.54. The molecule has 1 aliphatic rings. The van der Waals surface area contributed by atoms with Crippen LogP contribution in [0.3, 0.4) is 0 Å². The Bertz CT molecular complexity index is 169. The molecule has 2 unspecified atom stereocenters. The van der Waals surface area contributed by atoms with Crippen molar-refractivity contribution in [2.24, 2.45) is 11.1 Å². The predicted molar refractivity (Wildman–Crippen MR) is 41.8 cm³/mol. The minimum atomic E-state index is -0.668. The molecule has 0 bridgehead atoms. The van der Waals surface area contributed by atoms with Crippen LogP contribution < -0.4 is 5.73 Å². The highest BCUT2D eigenvalue weighted by atomic mass is 16.3. The van der Waals surface area contributed by atoms with Gasteiger partial charge in [0.25, 0.3) is 0 Å². The van der Waals surface area contributed by atoms with Crippen LogP contribution in [0.25, 0.3) is 0 Å². The molecule has 0 radical (unpaired) electrons. The van der Waals surface area contributed by atoms with Gasteiger partial charge in [0.2, 0.25) is 5.91 Å². The number of carbonyl (C=O) groups excluding carboxylic acids is 1. The molecule has 1 amide bonds. The highest BCUT2D eigenvalue weighted by Crippen LogP contribution is 2.35. The van der Waals surface area contributed by atoms with Crippen molar-refractivity contribution in [2.45, 2.75) is 38.7 Å². The van der Waals surface area contributed by atoms with E-state index in [1.165, 1.54) is 0 Å². The van der Waals surface area contributed by atoms with Gasteiger partial charge in [-0.05, 0) is 19.8 Å². The summed E-state index contributed by atoms with van der Waals surface area (Å²) in [6.45, 7) is 1.75.